The Balaban J connectivity index is 1.65. The molecule has 7 heteroatoms. The summed E-state index contributed by atoms with van der Waals surface area (Å²) >= 11 is 0. The molecule has 3 heterocycles. The normalized spacial score (nSPS) is 20.9. The van der Waals surface area contributed by atoms with Crippen LogP contribution in [0.5, 0.6) is 0 Å². The molecule has 0 saturated carbocycles. The van der Waals surface area contributed by atoms with Crippen molar-refractivity contribution in [3.05, 3.63) is 42.4 Å². The Bertz CT molecular complexity index is 643. The van der Waals surface area contributed by atoms with E-state index in [9.17, 15) is 4.79 Å². The van der Waals surface area contributed by atoms with E-state index in [2.05, 4.69) is 20.7 Å². The molecule has 3 rings (SSSR count). The fourth-order valence-electron chi connectivity index (χ4n) is 2.71. The average Bonchev–Trinajstić information content (AvgIpc) is 3.05. The van der Waals surface area contributed by atoms with Gasteiger partial charge in [0.2, 0.25) is 0 Å². The van der Waals surface area contributed by atoms with E-state index in [-0.39, 0.29) is 18.2 Å². The second kappa shape index (κ2) is 7.23. The summed E-state index contributed by atoms with van der Waals surface area (Å²) in [5, 5.41) is 10.0. The molecular weight excluding hydrogens is 294 g/mol. The maximum atomic E-state index is 12.2. The summed E-state index contributed by atoms with van der Waals surface area (Å²) in [5.41, 5.74) is 0.995. The zero-order chi connectivity index (χ0) is 16.1. The highest BCUT2D eigenvalue weighted by atomic mass is 16.5. The van der Waals surface area contributed by atoms with Gasteiger partial charge in [0.25, 0.3) is 0 Å². The molecule has 2 aromatic rings. The first-order valence-electron chi connectivity index (χ1n) is 7.88. The molecule has 0 bridgehead atoms. The van der Waals surface area contributed by atoms with E-state index in [0.29, 0.717) is 12.4 Å². The summed E-state index contributed by atoms with van der Waals surface area (Å²) < 4.78 is 7.73. The fourth-order valence-corrected chi connectivity index (χ4v) is 2.71. The van der Waals surface area contributed by atoms with Crippen molar-refractivity contribution in [2.45, 2.75) is 38.5 Å². The summed E-state index contributed by atoms with van der Waals surface area (Å²) in [6.07, 6.45) is 7.05. The zero-order valence-corrected chi connectivity index (χ0v) is 13.1. The number of nitrogens with zero attached hydrogens (tertiary/aromatic N) is 3. The molecule has 122 valence electrons. The number of amides is 2. The van der Waals surface area contributed by atoms with Gasteiger partial charge in [0, 0.05) is 31.1 Å². The maximum absolute atomic E-state index is 12.2. The van der Waals surface area contributed by atoms with Crippen LogP contribution < -0.4 is 10.6 Å². The van der Waals surface area contributed by atoms with Crippen molar-refractivity contribution < 1.29 is 9.53 Å². The third-order valence-corrected chi connectivity index (χ3v) is 3.85. The number of urea groups is 1. The Hall–Kier alpha value is -2.41. The minimum absolute atomic E-state index is 0.0815. The van der Waals surface area contributed by atoms with E-state index in [1.54, 1.807) is 18.3 Å². The monoisotopic (exact) mass is 315 g/mol. The number of rotatable bonds is 4. The highest BCUT2D eigenvalue weighted by Crippen LogP contribution is 2.28. The summed E-state index contributed by atoms with van der Waals surface area (Å²) in [6, 6.07) is 5.03. The largest absolute Gasteiger partial charge is 0.371 e. The van der Waals surface area contributed by atoms with Crippen LogP contribution in [0.2, 0.25) is 0 Å². The van der Waals surface area contributed by atoms with Crippen molar-refractivity contribution in [2.75, 3.05) is 11.9 Å². The van der Waals surface area contributed by atoms with Crippen molar-refractivity contribution in [3.8, 4) is 0 Å². The van der Waals surface area contributed by atoms with Crippen LogP contribution in [0.3, 0.4) is 0 Å². The smallest absolute Gasteiger partial charge is 0.320 e. The Kier molecular flexibility index (Phi) is 4.87. The molecule has 1 saturated heterocycles. The number of pyridine rings is 1. The molecular formula is C16H21N5O2. The number of aryl methyl sites for hydroxylation is 1. The number of anilines is 1. The number of nitrogens with one attached hydrogen (secondary N) is 2. The summed E-state index contributed by atoms with van der Waals surface area (Å²) in [5.74, 6) is 0.525. The van der Waals surface area contributed by atoms with Crippen LogP contribution in [-0.4, -0.2) is 33.4 Å². The van der Waals surface area contributed by atoms with Crippen LogP contribution >= 0.6 is 0 Å². The molecule has 2 amide bonds. The van der Waals surface area contributed by atoms with Crippen LogP contribution in [0.4, 0.5) is 10.6 Å². The minimum atomic E-state index is -0.271. The minimum Gasteiger partial charge on any atom is -0.371 e. The first-order chi connectivity index (χ1) is 11.3. The summed E-state index contributed by atoms with van der Waals surface area (Å²) in [4.78, 5) is 16.3. The Morgan fingerprint density at radius 3 is 3.13 bits per heavy atom. The van der Waals surface area contributed by atoms with E-state index < -0.39 is 0 Å². The molecule has 23 heavy (non-hydrogen) atoms. The van der Waals surface area contributed by atoms with Gasteiger partial charge in [-0.3, -0.25) is 10.00 Å². The van der Waals surface area contributed by atoms with Gasteiger partial charge in [-0.2, -0.15) is 5.10 Å². The molecule has 0 unspecified atom stereocenters. The highest BCUT2D eigenvalue weighted by Gasteiger charge is 2.29. The van der Waals surface area contributed by atoms with Gasteiger partial charge in [-0.1, -0.05) is 6.07 Å². The van der Waals surface area contributed by atoms with Gasteiger partial charge < -0.3 is 10.1 Å². The second-order valence-electron chi connectivity index (χ2n) is 5.48. The van der Waals surface area contributed by atoms with Crippen molar-refractivity contribution in [1.29, 1.82) is 0 Å². The van der Waals surface area contributed by atoms with Crippen LogP contribution in [0.15, 0.2) is 36.8 Å². The number of carbonyl (C=O) groups excluding carboxylic acids is 1. The number of hydrogen-bond acceptors (Lipinski definition) is 4. The molecule has 7 nitrogen and oxygen atoms in total. The lowest BCUT2D eigenvalue weighted by molar-refractivity contribution is -0.00701. The lowest BCUT2D eigenvalue weighted by Crippen LogP contribution is -2.44. The standard InChI is InChI=1S/C16H21N5O2/c1-2-21-11-12(10-18-21)15-13(6-5-9-23-15)19-16(22)20-14-7-3-4-8-17-14/h3-4,7-8,10-11,13,15H,2,5-6,9H2,1H3,(H2,17,19,20,22)/t13-,15+/m0/s1. The topological polar surface area (TPSA) is 81.1 Å². The highest BCUT2D eigenvalue weighted by molar-refractivity contribution is 5.88. The third-order valence-electron chi connectivity index (χ3n) is 3.85. The molecule has 0 aromatic carbocycles. The molecule has 1 aliphatic heterocycles. The SMILES string of the molecule is CCn1cc([C@H]2OCCC[C@@H]2NC(=O)Nc2ccccn2)cn1. The number of aromatic nitrogens is 3. The average molecular weight is 315 g/mol. The van der Waals surface area contributed by atoms with Crippen molar-refractivity contribution in [1.82, 2.24) is 20.1 Å². The van der Waals surface area contributed by atoms with E-state index in [1.807, 2.05) is 30.1 Å². The van der Waals surface area contributed by atoms with Gasteiger partial charge in [0.05, 0.1) is 12.2 Å². The lowest BCUT2D eigenvalue weighted by Gasteiger charge is -2.31. The predicted molar refractivity (Wildman–Crippen MR) is 86.0 cm³/mol. The predicted octanol–water partition coefficient (Wildman–Crippen LogP) is 2.34. The van der Waals surface area contributed by atoms with E-state index in [1.165, 1.54) is 0 Å². The van der Waals surface area contributed by atoms with Gasteiger partial charge in [-0.05, 0) is 31.9 Å². The fraction of sp³-hybridized carbons (Fsp3) is 0.438. The van der Waals surface area contributed by atoms with Gasteiger partial charge in [-0.15, -0.1) is 0 Å². The lowest BCUT2D eigenvalue weighted by atomic mass is 9.98. The first kappa shape index (κ1) is 15.5. The second-order valence-corrected chi connectivity index (χ2v) is 5.48. The Morgan fingerprint density at radius 1 is 1.48 bits per heavy atom. The Morgan fingerprint density at radius 2 is 2.39 bits per heavy atom. The van der Waals surface area contributed by atoms with Gasteiger partial charge in [0.15, 0.2) is 0 Å². The summed E-state index contributed by atoms with van der Waals surface area (Å²) in [6.45, 7) is 3.54. The van der Waals surface area contributed by atoms with Gasteiger partial charge >= 0.3 is 6.03 Å². The molecule has 2 aromatic heterocycles. The van der Waals surface area contributed by atoms with Crippen LogP contribution in [-0.2, 0) is 11.3 Å². The molecule has 1 aliphatic rings. The van der Waals surface area contributed by atoms with Crippen LogP contribution in [0, 0.1) is 0 Å². The maximum Gasteiger partial charge on any atom is 0.320 e. The van der Waals surface area contributed by atoms with Crippen LogP contribution in [0.1, 0.15) is 31.4 Å². The van der Waals surface area contributed by atoms with E-state index >= 15 is 0 Å². The third kappa shape index (κ3) is 3.87. The molecule has 2 N–H and O–H groups in total. The van der Waals surface area contributed by atoms with Gasteiger partial charge in [-0.25, -0.2) is 9.78 Å². The van der Waals surface area contributed by atoms with Gasteiger partial charge in [0.1, 0.15) is 11.9 Å². The van der Waals surface area contributed by atoms with Crippen LogP contribution in [0.25, 0.3) is 0 Å². The number of ether oxygens (including phenoxy) is 1. The quantitative estimate of drug-likeness (QED) is 0.907. The number of carbonyl (C=O) groups is 1. The van der Waals surface area contributed by atoms with Crippen molar-refractivity contribution >= 4 is 11.8 Å². The summed E-state index contributed by atoms with van der Waals surface area (Å²) in [7, 11) is 0. The first-order valence-corrected chi connectivity index (χ1v) is 7.88. The van der Waals surface area contributed by atoms with E-state index in [4.69, 9.17) is 4.74 Å². The Labute approximate surface area is 135 Å². The van der Waals surface area contributed by atoms with Crippen molar-refractivity contribution in [3.63, 3.8) is 0 Å². The number of hydrogen-bond donors (Lipinski definition) is 2. The van der Waals surface area contributed by atoms with Crippen molar-refractivity contribution in [2.24, 2.45) is 0 Å². The zero-order valence-electron chi connectivity index (χ0n) is 13.1. The molecule has 1 fully saturated rings. The van der Waals surface area contributed by atoms with E-state index in [0.717, 1.165) is 24.9 Å². The molecule has 0 spiro atoms. The molecule has 0 aliphatic carbocycles. The molecule has 2 atom stereocenters. The molecule has 0 radical (unpaired) electrons.